The molecule has 1 aromatic rings. The molecule has 0 spiro atoms. The van der Waals surface area contributed by atoms with Crippen LogP contribution < -0.4 is 0 Å². The second kappa shape index (κ2) is 5.00. The van der Waals surface area contributed by atoms with E-state index >= 15 is 0 Å². The number of aryl methyl sites for hydroxylation is 1. The lowest BCUT2D eigenvalue weighted by Gasteiger charge is -2.13. The zero-order valence-electron chi connectivity index (χ0n) is 10.1. The Morgan fingerprint density at radius 3 is 2.88 bits per heavy atom. The molecule has 0 aliphatic carbocycles. The molecule has 0 bridgehead atoms. The first-order valence-corrected chi connectivity index (χ1v) is 5.79. The first kappa shape index (κ1) is 11.6. The second-order valence-electron chi connectivity index (χ2n) is 4.39. The van der Waals surface area contributed by atoms with Gasteiger partial charge in [0.05, 0.1) is 0 Å². The van der Waals surface area contributed by atoms with Gasteiger partial charge in [0.15, 0.2) is 0 Å². The van der Waals surface area contributed by atoms with Crippen molar-refractivity contribution in [2.45, 2.75) is 20.0 Å². The van der Waals surface area contributed by atoms with Crippen molar-refractivity contribution < 1.29 is 9.53 Å². The van der Waals surface area contributed by atoms with Gasteiger partial charge in [0.1, 0.15) is 6.10 Å². The first-order valence-electron chi connectivity index (χ1n) is 5.79. The molecule has 2 heteroatoms. The average Bonchev–Trinajstić information content (AvgIpc) is 2.73. The van der Waals surface area contributed by atoms with Crippen LogP contribution >= 0.6 is 0 Å². The van der Waals surface area contributed by atoms with Crippen molar-refractivity contribution in [1.82, 2.24) is 0 Å². The van der Waals surface area contributed by atoms with Gasteiger partial charge in [-0.1, -0.05) is 48.9 Å². The molecule has 2 rings (SSSR count). The number of carbonyl (C=O) groups excluding carboxylic acids is 1. The predicted octanol–water partition coefficient (Wildman–Crippen LogP) is 3.13. The van der Waals surface area contributed by atoms with E-state index in [0.29, 0.717) is 0 Å². The predicted molar refractivity (Wildman–Crippen MR) is 68.4 cm³/mol. The molecule has 0 saturated heterocycles. The zero-order chi connectivity index (χ0) is 12.3. The summed E-state index contributed by atoms with van der Waals surface area (Å²) in [6.45, 7) is 4.11. The molecule has 1 aliphatic rings. The highest BCUT2D eigenvalue weighted by Gasteiger charge is 2.20. The van der Waals surface area contributed by atoms with Crippen molar-refractivity contribution >= 4 is 12.0 Å². The molecule has 88 valence electrons. The minimum Gasteiger partial charge on any atom is -0.454 e. The molecule has 0 amide bonds. The topological polar surface area (TPSA) is 26.3 Å². The Balaban J connectivity index is 2.01. The van der Waals surface area contributed by atoms with Crippen molar-refractivity contribution in [1.29, 1.82) is 0 Å². The third-order valence-electron chi connectivity index (χ3n) is 2.83. The summed E-state index contributed by atoms with van der Waals surface area (Å²) in [5.74, 6) is -0.0518. The van der Waals surface area contributed by atoms with Gasteiger partial charge in [0, 0.05) is 12.0 Å². The first-order chi connectivity index (χ1) is 8.15. The van der Waals surface area contributed by atoms with Crippen molar-refractivity contribution in [2.24, 2.45) is 5.92 Å². The van der Waals surface area contributed by atoms with Gasteiger partial charge in [0.2, 0.25) is 0 Å². The summed E-state index contributed by atoms with van der Waals surface area (Å²) < 4.78 is 5.13. The molecule has 2 nitrogen and oxygen atoms in total. The molecule has 1 aromatic carbocycles. The maximum Gasteiger partial charge on any atom is 0.331 e. The van der Waals surface area contributed by atoms with E-state index in [1.54, 1.807) is 0 Å². The van der Waals surface area contributed by atoms with E-state index in [9.17, 15) is 4.79 Å². The highest BCUT2D eigenvalue weighted by atomic mass is 16.5. The fourth-order valence-electron chi connectivity index (χ4n) is 1.81. The minimum absolute atomic E-state index is 0.122. The number of carbonyl (C=O) groups is 1. The fraction of sp³-hybridized carbons (Fsp3) is 0.267. The molecule has 0 radical (unpaired) electrons. The van der Waals surface area contributed by atoms with E-state index < -0.39 is 0 Å². The number of hydrogen-bond acceptors (Lipinski definition) is 2. The van der Waals surface area contributed by atoms with Crippen molar-refractivity contribution in [2.75, 3.05) is 0 Å². The van der Waals surface area contributed by atoms with Crippen LogP contribution in [0.4, 0.5) is 0 Å². The van der Waals surface area contributed by atoms with Gasteiger partial charge in [-0.25, -0.2) is 4.79 Å². The van der Waals surface area contributed by atoms with E-state index in [2.05, 4.69) is 37.3 Å². The largest absolute Gasteiger partial charge is 0.454 e. The van der Waals surface area contributed by atoms with E-state index in [0.717, 1.165) is 0 Å². The maximum atomic E-state index is 10.9. The van der Waals surface area contributed by atoms with E-state index in [4.69, 9.17) is 4.74 Å². The van der Waals surface area contributed by atoms with Crippen LogP contribution in [0.1, 0.15) is 18.1 Å². The van der Waals surface area contributed by atoms with Crippen LogP contribution in [0.5, 0.6) is 0 Å². The second-order valence-corrected chi connectivity index (χ2v) is 4.39. The summed E-state index contributed by atoms with van der Waals surface area (Å²) in [4.78, 5) is 10.9. The third kappa shape index (κ3) is 3.06. The molecule has 0 aromatic heterocycles. The quantitative estimate of drug-likeness (QED) is 0.743. The molecule has 0 fully saturated rings. The highest BCUT2D eigenvalue weighted by Crippen LogP contribution is 2.17. The molecule has 2 atom stereocenters. The summed E-state index contributed by atoms with van der Waals surface area (Å²) in [6, 6.07) is 8.30. The van der Waals surface area contributed by atoms with Crippen LogP contribution in [-0.2, 0) is 9.53 Å². The van der Waals surface area contributed by atoms with Crippen LogP contribution in [-0.4, -0.2) is 12.1 Å². The normalized spacial score (nSPS) is 20.8. The Labute approximate surface area is 102 Å². The van der Waals surface area contributed by atoms with Crippen LogP contribution in [0.25, 0.3) is 6.08 Å². The number of hydrogen-bond donors (Lipinski definition) is 0. The van der Waals surface area contributed by atoms with Crippen LogP contribution in [0, 0.1) is 12.8 Å². The standard InChI is InChI=1S/C15H16O2/c1-11-4-3-5-13(10-11)7-6-12(2)14-8-9-15(16)17-14/h3-10,12,14H,1-2H3/b7-6+/t12-,14-/m1/s1. The van der Waals surface area contributed by atoms with E-state index in [-0.39, 0.29) is 18.0 Å². The van der Waals surface area contributed by atoms with Gasteiger partial charge in [-0.3, -0.25) is 0 Å². The van der Waals surface area contributed by atoms with Gasteiger partial charge in [-0.15, -0.1) is 0 Å². The third-order valence-corrected chi connectivity index (χ3v) is 2.83. The zero-order valence-corrected chi connectivity index (χ0v) is 10.1. The lowest BCUT2D eigenvalue weighted by Crippen LogP contribution is -2.15. The SMILES string of the molecule is Cc1cccc(/C=C/[C@@H](C)[C@H]2C=CC(=O)O2)c1. The Hall–Kier alpha value is -1.83. The summed E-state index contributed by atoms with van der Waals surface area (Å²) >= 11 is 0. The van der Waals surface area contributed by atoms with Crippen LogP contribution in [0.15, 0.2) is 42.5 Å². The van der Waals surface area contributed by atoms with Gasteiger partial charge in [-0.2, -0.15) is 0 Å². The Kier molecular flexibility index (Phi) is 3.43. The summed E-state index contributed by atoms with van der Waals surface area (Å²) in [5.41, 5.74) is 2.41. The average molecular weight is 228 g/mol. The molecule has 0 N–H and O–H groups in total. The number of rotatable bonds is 3. The number of ether oxygens (including phenoxy) is 1. The Morgan fingerprint density at radius 1 is 1.41 bits per heavy atom. The van der Waals surface area contributed by atoms with E-state index in [1.807, 2.05) is 19.1 Å². The summed E-state index contributed by atoms with van der Waals surface area (Å²) in [5, 5.41) is 0. The lowest BCUT2D eigenvalue weighted by atomic mass is 10.0. The molecule has 1 heterocycles. The lowest BCUT2D eigenvalue weighted by molar-refractivity contribution is -0.139. The number of benzene rings is 1. The van der Waals surface area contributed by atoms with Crippen molar-refractivity contribution in [3.63, 3.8) is 0 Å². The van der Waals surface area contributed by atoms with Crippen molar-refractivity contribution in [3.05, 3.63) is 53.6 Å². The summed E-state index contributed by atoms with van der Waals surface area (Å²) in [7, 11) is 0. The molecular weight excluding hydrogens is 212 g/mol. The number of esters is 1. The van der Waals surface area contributed by atoms with Crippen LogP contribution in [0.2, 0.25) is 0 Å². The molecular formula is C15H16O2. The smallest absolute Gasteiger partial charge is 0.331 e. The molecule has 0 unspecified atom stereocenters. The van der Waals surface area contributed by atoms with Gasteiger partial charge in [0.25, 0.3) is 0 Å². The Bertz CT molecular complexity index is 472. The Morgan fingerprint density at radius 2 is 2.24 bits per heavy atom. The maximum absolute atomic E-state index is 10.9. The van der Waals surface area contributed by atoms with Crippen molar-refractivity contribution in [3.8, 4) is 0 Å². The van der Waals surface area contributed by atoms with Gasteiger partial charge in [-0.05, 0) is 18.6 Å². The monoisotopic (exact) mass is 228 g/mol. The fourth-order valence-corrected chi connectivity index (χ4v) is 1.81. The van der Waals surface area contributed by atoms with Gasteiger partial charge < -0.3 is 4.74 Å². The van der Waals surface area contributed by atoms with Crippen LogP contribution in [0.3, 0.4) is 0 Å². The van der Waals surface area contributed by atoms with Gasteiger partial charge >= 0.3 is 5.97 Å². The highest BCUT2D eigenvalue weighted by molar-refractivity contribution is 5.84. The molecule has 1 aliphatic heterocycles. The summed E-state index contributed by atoms with van der Waals surface area (Å²) in [6.07, 6.45) is 7.32. The van der Waals surface area contributed by atoms with E-state index in [1.165, 1.54) is 17.2 Å². The molecule has 0 saturated carbocycles. The molecule has 17 heavy (non-hydrogen) atoms. The minimum atomic E-state index is -0.245. The number of cyclic esters (lactones) is 1.